The van der Waals surface area contributed by atoms with Gasteiger partial charge in [0, 0.05) is 23.7 Å². The van der Waals surface area contributed by atoms with Gasteiger partial charge < -0.3 is 14.6 Å². The van der Waals surface area contributed by atoms with Crippen molar-refractivity contribution >= 4 is 57.5 Å². The summed E-state index contributed by atoms with van der Waals surface area (Å²) >= 11 is 19.4. The molecular formula is C23H22Cl3N3O. The molecule has 0 spiro atoms. The number of benzene rings is 2. The first-order valence-electron chi connectivity index (χ1n) is 10.5. The maximum absolute atomic E-state index is 11.9. The Kier molecular flexibility index (Phi) is 4.18. The smallest absolute Gasteiger partial charge is 0.211 e. The molecule has 0 amide bonds. The first-order valence-corrected chi connectivity index (χ1v) is 11.7. The Morgan fingerprint density at radius 1 is 1.00 bits per heavy atom. The van der Waals surface area contributed by atoms with Crippen molar-refractivity contribution < 1.29 is 5.11 Å². The molecule has 1 N–H and O–H groups in total. The molecular weight excluding hydrogens is 441 g/mol. The van der Waals surface area contributed by atoms with E-state index in [-0.39, 0.29) is 0 Å². The second kappa shape index (κ2) is 6.52. The van der Waals surface area contributed by atoms with Crippen molar-refractivity contribution in [1.82, 2.24) is 9.55 Å². The van der Waals surface area contributed by atoms with Gasteiger partial charge >= 0.3 is 0 Å². The molecule has 3 aromatic rings. The lowest BCUT2D eigenvalue weighted by Gasteiger charge is -2.30. The standard InChI is InChI=1S/C23H22Cl3N3O/c1-12-10-15(24)11-18(26)20(12)28-8-9-29-21-16(6-7-17(25)19(21)27-22(28)29)23(30,13-2-3-13)14-4-5-14/h6-7,10-11,13-14,30H,2-5,8-9H2,1H3. The molecule has 2 aromatic carbocycles. The first-order chi connectivity index (χ1) is 14.4. The molecule has 2 fully saturated rings. The van der Waals surface area contributed by atoms with E-state index in [4.69, 9.17) is 39.8 Å². The number of rotatable bonds is 4. The summed E-state index contributed by atoms with van der Waals surface area (Å²) in [6.07, 6.45) is 4.35. The van der Waals surface area contributed by atoms with Crippen molar-refractivity contribution in [1.29, 1.82) is 0 Å². The summed E-state index contributed by atoms with van der Waals surface area (Å²) in [5.41, 5.74) is 3.88. The third kappa shape index (κ3) is 2.67. The quantitative estimate of drug-likeness (QED) is 0.483. The molecule has 0 saturated heterocycles. The number of anilines is 2. The van der Waals surface area contributed by atoms with Gasteiger partial charge in [-0.15, -0.1) is 0 Å². The summed E-state index contributed by atoms with van der Waals surface area (Å²) in [5, 5.41) is 13.7. The molecule has 0 bridgehead atoms. The fourth-order valence-electron chi connectivity index (χ4n) is 5.30. The summed E-state index contributed by atoms with van der Waals surface area (Å²) in [6.45, 7) is 3.54. The van der Waals surface area contributed by atoms with Crippen molar-refractivity contribution in [3.63, 3.8) is 0 Å². The molecule has 2 saturated carbocycles. The zero-order valence-electron chi connectivity index (χ0n) is 16.6. The molecule has 1 aromatic heterocycles. The Bertz CT molecular complexity index is 1160. The van der Waals surface area contributed by atoms with Gasteiger partial charge in [0.2, 0.25) is 5.95 Å². The van der Waals surface area contributed by atoms with E-state index >= 15 is 0 Å². The number of nitrogens with zero attached hydrogens (tertiary/aromatic N) is 3. The van der Waals surface area contributed by atoms with Gasteiger partial charge in [-0.1, -0.05) is 40.9 Å². The number of hydrogen-bond donors (Lipinski definition) is 1. The number of halogens is 3. The SMILES string of the molecule is Cc1cc(Cl)cc(Cl)c1N1CCn2c1nc1c(Cl)ccc(C(O)(C3CC3)C3CC3)c12. The van der Waals surface area contributed by atoms with Crippen molar-refractivity contribution in [2.24, 2.45) is 11.8 Å². The minimum atomic E-state index is -0.777. The van der Waals surface area contributed by atoms with Crippen LogP contribution in [0.15, 0.2) is 24.3 Å². The molecule has 30 heavy (non-hydrogen) atoms. The molecule has 0 atom stereocenters. The Balaban J connectivity index is 1.56. The molecule has 2 heterocycles. The van der Waals surface area contributed by atoms with E-state index in [2.05, 4.69) is 9.47 Å². The molecule has 1 aliphatic heterocycles. The highest BCUT2D eigenvalue weighted by atomic mass is 35.5. The summed E-state index contributed by atoms with van der Waals surface area (Å²) in [5.74, 6) is 1.50. The molecule has 0 unspecified atom stereocenters. The lowest BCUT2D eigenvalue weighted by Crippen LogP contribution is -2.31. The van der Waals surface area contributed by atoms with E-state index in [1.165, 1.54) is 0 Å². The number of imidazole rings is 1. The van der Waals surface area contributed by atoms with Crippen LogP contribution < -0.4 is 4.90 Å². The van der Waals surface area contributed by atoms with Crippen LogP contribution in [0.5, 0.6) is 0 Å². The van der Waals surface area contributed by atoms with Crippen LogP contribution in [0, 0.1) is 18.8 Å². The summed E-state index contributed by atoms with van der Waals surface area (Å²) in [7, 11) is 0. The average Bonchev–Trinajstić information content (AvgIpc) is 3.60. The van der Waals surface area contributed by atoms with E-state index in [1.54, 1.807) is 6.07 Å². The molecule has 0 radical (unpaired) electrons. The fourth-order valence-corrected chi connectivity index (χ4v) is 6.20. The van der Waals surface area contributed by atoms with Gasteiger partial charge in [0.1, 0.15) is 5.52 Å². The lowest BCUT2D eigenvalue weighted by molar-refractivity contribution is -0.00904. The van der Waals surface area contributed by atoms with Gasteiger partial charge in [-0.25, -0.2) is 4.98 Å². The van der Waals surface area contributed by atoms with Crippen molar-refractivity contribution in [2.75, 3.05) is 11.4 Å². The van der Waals surface area contributed by atoms with Gasteiger partial charge in [-0.2, -0.15) is 0 Å². The molecule has 2 aliphatic carbocycles. The highest BCUT2D eigenvalue weighted by molar-refractivity contribution is 6.37. The van der Waals surface area contributed by atoms with Crippen molar-refractivity contribution in [3.8, 4) is 0 Å². The number of aliphatic hydroxyl groups is 1. The third-order valence-electron chi connectivity index (χ3n) is 6.93. The number of fused-ring (bicyclic) bond motifs is 3. The molecule has 4 nitrogen and oxygen atoms in total. The van der Waals surface area contributed by atoms with Crippen molar-refractivity contribution in [3.05, 3.63) is 50.5 Å². The minimum absolute atomic E-state index is 0.339. The zero-order chi connectivity index (χ0) is 20.8. The van der Waals surface area contributed by atoms with Crippen molar-refractivity contribution in [2.45, 2.75) is 44.8 Å². The largest absolute Gasteiger partial charge is 0.385 e. The van der Waals surface area contributed by atoms with E-state index in [0.717, 1.165) is 72.6 Å². The Morgan fingerprint density at radius 2 is 1.70 bits per heavy atom. The van der Waals surface area contributed by atoms with Crippen LogP contribution in [-0.4, -0.2) is 21.2 Å². The van der Waals surface area contributed by atoms with Crippen LogP contribution in [0.25, 0.3) is 11.0 Å². The second-order valence-corrected chi connectivity index (χ2v) is 10.2. The summed E-state index contributed by atoms with van der Waals surface area (Å²) < 4.78 is 2.21. The number of aryl methyl sites for hydroxylation is 1. The van der Waals surface area contributed by atoms with Gasteiger partial charge in [-0.05, 0) is 68.2 Å². The topological polar surface area (TPSA) is 41.3 Å². The van der Waals surface area contributed by atoms with Crippen LogP contribution in [0.3, 0.4) is 0 Å². The molecule has 3 aliphatic rings. The van der Waals surface area contributed by atoms with Gasteiger partial charge in [-0.3, -0.25) is 0 Å². The highest BCUT2D eigenvalue weighted by Crippen LogP contribution is 2.59. The van der Waals surface area contributed by atoms with E-state index < -0.39 is 5.60 Å². The Hall–Kier alpha value is -1.46. The maximum Gasteiger partial charge on any atom is 0.211 e. The van der Waals surface area contributed by atoms with E-state index in [9.17, 15) is 5.11 Å². The van der Waals surface area contributed by atoms with Crippen LogP contribution in [0.4, 0.5) is 11.6 Å². The average molecular weight is 463 g/mol. The Morgan fingerprint density at radius 3 is 2.33 bits per heavy atom. The lowest BCUT2D eigenvalue weighted by atomic mass is 9.83. The molecule has 7 heteroatoms. The predicted molar refractivity (Wildman–Crippen MR) is 122 cm³/mol. The Labute approximate surface area is 190 Å². The van der Waals surface area contributed by atoms with Crippen LogP contribution in [0.1, 0.15) is 36.8 Å². The van der Waals surface area contributed by atoms with Gasteiger partial charge in [0.05, 0.1) is 26.9 Å². The number of hydrogen-bond acceptors (Lipinski definition) is 3. The van der Waals surface area contributed by atoms with E-state index in [0.29, 0.717) is 26.9 Å². The van der Waals surface area contributed by atoms with Crippen LogP contribution in [-0.2, 0) is 12.1 Å². The fraction of sp³-hybridized carbons (Fsp3) is 0.435. The third-order valence-corrected chi connectivity index (χ3v) is 7.74. The normalized spacial score (nSPS) is 19.0. The van der Waals surface area contributed by atoms with Gasteiger partial charge in [0.15, 0.2) is 0 Å². The van der Waals surface area contributed by atoms with Gasteiger partial charge in [0.25, 0.3) is 0 Å². The first kappa shape index (κ1) is 19.2. The number of aromatic nitrogens is 2. The zero-order valence-corrected chi connectivity index (χ0v) is 18.9. The van der Waals surface area contributed by atoms with E-state index in [1.807, 2.05) is 25.1 Å². The summed E-state index contributed by atoms with van der Waals surface area (Å²) in [6, 6.07) is 7.61. The molecule has 6 rings (SSSR count). The minimum Gasteiger partial charge on any atom is -0.385 e. The monoisotopic (exact) mass is 461 g/mol. The van der Waals surface area contributed by atoms with Crippen LogP contribution >= 0.6 is 34.8 Å². The summed E-state index contributed by atoms with van der Waals surface area (Å²) in [4.78, 5) is 7.08. The highest BCUT2D eigenvalue weighted by Gasteiger charge is 2.55. The molecule has 156 valence electrons. The maximum atomic E-state index is 11.9. The predicted octanol–water partition coefficient (Wildman–Crippen LogP) is 6.46. The second-order valence-electron chi connectivity index (χ2n) is 8.93. The van der Waals surface area contributed by atoms with Crippen LogP contribution in [0.2, 0.25) is 15.1 Å².